The van der Waals surface area contributed by atoms with Crippen LogP contribution in [-0.4, -0.2) is 11.1 Å². The Morgan fingerprint density at radius 3 is 3.00 bits per heavy atom. The molecule has 2 atom stereocenters. The number of aliphatic carboxylic acids is 1. The summed E-state index contributed by atoms with van der Waals surface area (Å²) in [5.74, 6) is 0.00690. The number of carboxylic acids is 1. The summed E-state index contributed by atoms with van der Waals surface area (Å²) in [6.07, 6.45) is 2.30. The van der Waals surface area contributed by atoms with Crippen LogP contribution in [0.1, 0.15) is 18.1 Å². The van der Waals surface area contributed by atoms with Crippen molar-refractivity contribution >= 4 is 5.97 Å². The van der Waals surface area contributed by atoms with Crippen LogP contribution in [0.3, 0.4) is 0 Å². The molecule has 1 aliphatic rings. The highest BCUT2D eigenvalue weighted by atomic mass is 16.4. The van der Waals surface area contributed by atoms with Crippen LogP contribution in [0.25, 0.3) is 0 Å². The van der Waals surface area contributed by atoms with Gasteiger partial charge in [0.2, 0.25) is 0 Å². The topological polar surface area (TPSA) is 50.4 Å². The molecule has 0 bridgehead atoms. The fourth-order valence-corrected chi connectivity index (χ4v) is 1.28. The second kappa shape index (κ2) is 2.12. The molecule has 3 nitrogen and oxygen atoms in total. The van der Waals surface area contributed by atoms with Crippen LogP contribution in [-0.2, 0) is 4.79 Å². The minimum absolute atomic E-state index is 0.127. The number of hydrogen-bond donors (Lipinski definition) is 1. The maximum absolute atomic E-state index is 10.4. The second-order valence-corrected chi connectivity index (χ2v) is 2.80. The molecule has 0 saturated heterocycles. The Hall–Kier alpha value is -1.25. The van der Waals surface area contributed by atoms with E-state index in [2.05, 4.69) is 0 Å². The average Bonchev–Trinajstić information content (AvgIpc) is 2.60. The zero-order chi connectivity index (χ0) is 7.84. The molecule has 0 unspecified atom stereocenters. The van der Waals surface area contributed by atoms with E-state index in [9.17, 15) is 4.79 Å². The minimum atomic E-state index is -0.716. The minimum Gasteiger partial charge on any atom is -0.481 e. The number of carbonyl (C=O) groups is 1. The van der Waals surface area contributed by atoms with Gasteiger partial charge in [-0.2, -0.15) is 0 Å². The van der Waals surface area contributed by atoms with Crippen molar-refractivity contribution < 1.29 is 14.3 Å². The predicted molar refractivity (Wildman–Crippen MR) is 37.2 cm³/mol. The molecule has 11 heavy (non-hydrogen) atoms. The van der Waals surface area contributed by atoms with E-state index in [-0.39, 0.29) is 11.8 Å². The van der Waals surface area contributed by atoms with Gasteiger partial charge < -0.3 is 9.52 Å². The van der Waals surface area contributed by atoms with Gasteiger partial charge in [0, 0.05) is 5.92 Å². The average molecular weight is 152 g/mol. The van der Waals surface area contributed by atoms with Crippen molar-refractivity contribution in [3.63, 3.8) is 0 Å². The first-order valence-corrected chi connectivity index (χ1v) is 3.55. The number of hydrogen-bond acceptors (Lipinski definition) is 2. The largest absolute Gasteiger partial charge is 0.481 e. The molecule has 3 heteroatoms. The van der Waals surface area contributed by atoms with Crippen molar-refractivity contribution in [2.75, 3.05) is 0 Å². The normalized spacial score (nSPS) is 28.4. The van der Waals surface area contributed by atoms with Gasteiger partial charge in [-0.1, -0.05) is 0 Å². The van der Waals surface area contributed by atoms with E-state index in [1.807, 2.05) is 6.07 Å². The highest BCUT2D eigenvalue weighted by Crippen LogP contribution is 2.47. The first-order chi connectivity index (χ1) is 5.29. The zero-order valence-electron chi connectivity index (χ0n) is 5.86. The van der Waals surface area contributed by atoms with Gasteiger partial charge in [0.1, 0.15) is 5.76 Å². The Bertz CT molecular complexity index is 263. The molecule has 1 fully saturated rings. The fraction of sp³-hybridized carbons (Fsp3) is 0.375. The smallest absolute Gasteiger partial charge is 0.307 e. The summed E-state index contributed by atoms with van der Waals surface area (Å²) < 4.78 is 5.07. The van der Waals surface area contributed by atoms with Gasteiger partial charge in [-0.15, -0.1) is 0 Å². The third-order valence-corrected chi connectivity index (χ3v) is 2.02. The SMILES string of the molecule is O=C(O)[C@H]1C[C@@H]1c1ccco1. The van der Waals surface area contributed by atoms with E-state index in [4.69, 9.17) is 9.52 Å². The molecule has 2 rings (SSSR count). The van der Waals surface area contributed by atoms with Gasteiger partial charge in [0.15, 0.2) is 0 Å². The molecule has 1 aromatic heterocycles. The lowest BCUT2D eigenvalue weighted by atomic mass is 10.2. The molecule has 0 spiro atoms. The summed E-state index contributed by atoms with van der Waals surface area (Å²) in [5.41, 5.74) is 0. The van der Waals surface area contributed by atoms with Gasteiger partial charge in [-0.25, -0.2) is 0 Å². The first kappa shape index (κ1) is 6.46. The van der Waals surface area contributed by atoms with Crippen molar-refractivity contribution in [2.45, 2.75) is 12.3 Å². The summed E-state index contributed by atoms with van der Waals surface area (Å²) in [5, 5.41) is 8.58. The Morgan fingerprint density at radius 2 is 2.55 bits per heavy atom. The number of furan rings is 1. The van der Waals surface area contributed by atoms with Crippen LogP contribution in [0.15, 0.2) is 22.8 Å². The van der Waals surface area contributed by atoms with E-state index in [1.54, 1.807) is 12.3 Å². The number of carboxylic acid groups (broad SMARTS) is 1. The maximum atomic E-state index is 10.4. The lowest BCUT2D eigenvalue weighted by Gasteiger charge is -1.88. The molecule has 58 valence electrons. The maximum Gasteiger partial charge on any atom is 0.307 e. The highest BCUT2D eigenvalue weighted by molar-refractivity contribution is 5.74. The summed E-state index contributed by atoms with van der Waals surface area (Å²) in [6, 6.07) is 3.61. The van der Waals surface area contributed by atoms with Crippen LogP contribution in [0.2, 0.25) is 0 Å². The molecule has 1 N–H and O–H groups in total. The Labute approximate surface area is 63.6 Å². The number of rotatable bonds is 2. The summed E-state index contributed by atoms with van der Waals surface area (Å²) in [4.78, 5) is 10.4. The van der Waals surface area contributed by atoms with Crippen LogP contribution in [0.4, 0.5) is 0 Å². The molecule has 0 radical (unpaired) electrons. The monoisotopic (exact) mass is 152 g/mol. The van der Waals surface area contributed by atoms with E-state index in [0.29, 0.717) is 0 Å². The summed E-state index contributed by atoms with van der Waals surface area (Å²) >= 11 is 0. The Morgan fingerprint density at radius 1 is 1.73 bits per heavy atom. The van der Waals surface area contributed by atoms with Crippen molar-refractivity contribution in [2.24, 2.45) is 5.92 Å². The van der Waals surface area contributed by atoms with Crippen LogP contribution in [0.5, 0.6) is 0 Å². The van der Waals surface area contributed by atoms with Gasteiger partial charge in [0.05, 0.1) is 12.2 Å². The lowest BCUT2D eigenvalue weighted by molar-refractivity contribution is -0.138. The molecule has 1 aromatic rings. The van der Waals surface area contributed by atoms with Gasteiger partial charge in [0.25, 0.3) is 0 Å². The van der Waals surface area contributed by atoms with E-state index in [0.717, 1.165) is 12.2 Å². The second-order valence-electron chi connectivity index (χ2n) is 2.80. The van der Waals surface area contributed by atoms with E-state index < -0.39 is 5.97 Å². The third kappa shape index (κ3) is 1.02. The van der Waals surface area contributed by atoms with Crippen molar-refractivity contribution in [3.8, 4) is 0 Å². The van der Waals surface area contributed by atoms with Gasteiger partial charge in [-0.3, -0.25) is 4.79 Å². The molecule has 1 heterocycles. The standard InChI is InChI=1S/C8H8O3/c9-8(10)6-4-5(6)7-2-1-3-11-7/h1-3,5-6H,4H2,(H,9,10)/t5-,6-/m0/s1. The molecule has 0 aromatic carbocycles. The molecule has 1 aliphatic carbocycles. The Kier molecular flexibility index (Phi) is 1.24. The molecular formula is C8H8O3. The van der Waals surface area contributed by atoms with Crippen LogP contribution in [0, 0.1) is 5.92 Å². The van der Waals surface area contributed by atoms with E-state index >= 15 is 0 Å². The van der Waals surface area contributed by atoms with Gasteiger partial charge >= 0.3 is 5.97 Å². The van der Waals surface area contributed by atoms with E-state index in [1.165, 1.54) is 0 Å². The summed E-state index contributed by atoms with van der Waals surface area (Å²) in [6.45, 7) is 0. The zero-order valence-corrected chi connectivity index (χ0v) is 5.86. The molecule has 0 aliphatic heterocycles. The molecular weight excluding hydrogens is 144 g/mol. The molecule has 0 amide bonds. The van der Waals surface area contributed by atoms with Crippen molar-refractivity contribution in [1.82, 2.24) is 0 Å². The van der Waals surface area contributed by atoms with Gasteiger partial charge in [-0.05, 0) is 18.6 Å². The molecule has 1 saturated carbocycles. The lowest BCUT2D eigenvalue weighted by Crippen LogP contribution is -1.98. The predicted octanol–water partition coefficient (Wildman–Crippen LogP) is 1.47. The van der Waals surface area contributed by atoms with Crippen LogP contribution >= 0.6 is 0 Å². The summed E-state index contributed by atoms with van der Waals surface area (Å²) in [7, 11) is 0. The third-order valence-electron chi connectivity index (χ3n) is 2.02. The highest BCUT2D eigenvalue weighted by Gasteiger charge is 2.45. The van der Waals surface area contributed by atoms with Crippen LogP contribution < -0.4 is 0 Å². The fourth-order valence-electron chi connectivity index (χ4n) is 1.28. The first-order valence-electron chi connectivity index (χ1n) is 3.55. The van der Waals surface area contributed by atoms with Crippen molar-refractivity contribution in [3.05, 3.63) is 24.2 Å². The Balaban J connectivity index is 2.08. The quantitative estimate of drug-likeness (QED) is 0.698. The van der Waals surface area contributed by atoms with Crippen molar-refractivity contribution in [1.29, 1.82) is 0 Å².